The van der Waals surface area contributed by atoms with Gasteiger partial charge in [0.15, 0.2) is 0 Å². The normalized spacial score (nSPS) is 35.4. The zero-order valence-electron chi connectivity index (χ0n) is 12.8. The lowest BCUT2D eigenvalue weighted by Gasteiger charge is -2.32. The average Bonchev–Trinajstić information content (AvgIpc) is 3.19. The van der Waals surface area contributed by atoms with Crippen molar-refractivity contribution in [3.8, 4) is 5.75 Å². The summed E-state index contributed by atoms with van der Waals surface area (Å²) in [5.41, 5.74) is 0.997. The Labute approximate surface area is 131 Å². The predicted molar refractivity (Wildman–Crippen MR) is 84.3 cm³/mol. The van der Waals surface area contributed by atoms with E-state index in [0.717, 1.165) is 29.2 Å². The third kappa shape index (κ3) is 2.44. The highest BCUT2D eigenvalue weighted by atomic mass is 16.3. The Balaban J connectivity index is 1.29. The Morgan fingerprint density at radius 1 is 1.09 bits per heavy atom. The summed E-state index contributed by atoms with van der Waals surface area (Å²) in [7, 11) is 0. The smallest absolute Gasteiger partial charge is 0.315 e. The second-order valence-electron chi connectivity index (χ2n) is 7.25. The number of hydrogen-bond acceptors (Lipinski definition) is 2. The molecule has 0 saturated heterocycles. The summed E-state index contributed by atoms with van der Waals surface area (Å²) in [5, 5.41) is 15.4. The molecule has 3 N–H and O–H groups in total. The Bertz CT molecular complexity index is 557. The Kier molecular flexibility index (Phi) is 3.47. The number of nitrogens with one attached hydrogen (secondary N) is 2. The van der Waals surface area contributed by atoms with Gasteiger partial charge in [0.2, 0.25) is 0 Å². The molecule has 4 rings (SSSR count). The highest BCUT2D eigenvalue weighted by molar-refractivity contribution is 5.74. The Morgan fingerprint density at radius 3 is 2.68 bits per heavy atom. The van der Waals surface area contributed by atoms with Crippen molar-refractivity contribution in [1.29, 1.82) is 0 Å². The van der Waals surface area contributed by atoms with Gasteiger partial charge in [-0.15, -0.1) is 0 Å². The molecule has 0 aromatic heterocycles. The third-order valence-corrected chi connectivity index (χ3v) is 6.13. The van der Waals surface area contributed by atoms with Crippen LogP contribution in [-0.2, 0) is 6.54 Å². The number of carbonyl (C=O) groups is 1. The summed E-state index contributed by atoms with van der Waals surface area (Å²) in [6.07, 6.45) is 6.70. The number of urea groups is 1. The van der Waals surface area contributed by atoms with Gasteiger partial charge in [-0.05, 0) is 67.1 Å². The standard InChI is InChI=1S/C18H24N2O2/c21-13-6-4-11(5-7-13)10-19-18(22)20-17-9-12-8-16(17)15-3-1-2-14(12)15/h4-7,12,14-17,21H,1-3,8-10H2,(H2,19,20,22). The van der Waals surface area contributed by atoms with E-state index < -0.39 is 0 Å². The number of fused-ring (bicyclic) bond motifs is 5. The average molecular weight is 300 g/mol. The van der Waals surface area contributed by atoms with Gasteiger partial charge in [0.1, 0.15) is 5.75 Å². The van der Waals surface area contributed by atoms with Gasteiger partial charge in [0, 0.05) is 12.6 Å². The molecule has 1 aromatic carbocycles. The summed E-state index contributed by atoms with van der Waals surface area (Å²) in [6, 6.07) is 7.27. The lowest BCUT2D eigenvalue weighted by molar-refractivity contribution is 0.197. The SMILES string of the molecule is O=C(NCc1ccc(O)cc1)NC1CC2CC1C1CCCC21. The molecule has 0 heterocycles. The van der Waals surface area contributed by atoms with Crippen molar-refractivity contribution >= 4 is 6.03 Å². The molecule has 4 heteroatoms. The van der Waals surface area contributed by atoms with Crippen LogP contribution in [0.4, 0.5) is 4.79 Å². The van der Waals surface area contributed by atoms with E-state index in [1.807, 2.05) is 12.1 Å². The minimum Gasteiger partial charge on any atom is -0.508 e. The Morgan fingerprint density at radius 2 is 1.86 bits per heavy atom. The summed E-state index contributed by atoms with van der Waals surface area (Å²) >= 11 is 0. The van der Waals surface area contributed by atoms with Crippen molar-refractivity contribution in [3.63, 3.8) is 0 Å². The number of phenols is 1. The van der Waals surface area contributed by atoms with Crippen LogP contribution in [0.15, 0.2) is 24.3 Å². The minimum absolute atomic E-state index is 0.0554. The zero-order chi connectivity index (χ0) is 15.1. The van der Waals surface area contributed by atoms with Gasteiger partial charge >= 0.3 is 6.03 Å². The fourth-order valence-electron chi connectivity index (χ4n) is 5.25. The van der Waals surface area contributed by atoms with Gasteiger partial charge in [0.25, 0.3) is 0 Å². The molecule has 3 saturated carbocycles. The zero-order valence-corrected chi connectivity index (χ0v) is 12.8. The number of benzene rings is 1. The molecule has 22 heavy (non-hydrogen) atoms. The molecule has 3 fully saturated rings. The van der Waals surface area contributed by atoms with E-state index in [-0.39, 0.29) is 11.8 Å². The van der Waals surface area contributed by atoms with Crippen molar-refractivity contribution < 1.29 is 9.90 Å². The molecular weight excluding hydrogens is 276 g/mol. The van der Waals surface area contributed by atoms with Crippen LogP contribution in [0.1, 0.15) is 37.7 Å². The van der Waals surface area contributed by atoms with E-state index in [1.54, 1.807) is 12.1 Å². The number of phenolic OH excluding ortho intramolecular Hbond substituents is 1. The first-order valence-corrected chi connectivity index (χ1v) is 8.53. The molecule has 2 bridgehead atoms. The lowest BCUT2D eigenvalue weighted by Crippen LogP contribution is -2.46. The van der Waals surface area contributed by atoms with Crippen molar-refractivity contribution in [3.05, 3.63) is 29.8 Å². The van der Waals surface area contributed by atoms with Crippen LogP contribution >= 0.6 is 0 Å². The van der Waals surface area contributed by atoms with Gasteiger partial charge in [-0.25, -0.2) is 4.79 Å². The minimum atomic E-state index is -0.0554. The monoisotopic (exact) mass is 300 g/mol. The van der Waals surface area contributed by atoms with Crippen LogP contribution < -0.4 is 10.6 Å². The maximum atomic E-state index is 12.1. The van der Waals surface area contributed by atoms with Gasteiger partial charge < -0.3 is 15.7 Å². The molecule has 4 nitrogen and oxygen atoms in total. The summed E-state index contributed by atoms with van der Waals surface area (Å²) in [4.78, 5) is 12.1. The molecule has 2 amide bonds. The van der Waals surface area contributed by atoms with E-state index in [2.05, 4.69) is 10.6 Å². The summed E-state index contributed by atoms with van der Waals surface area (Å²) in [6.45, 7) is 0.499. The Hall–Kier alpha value is -1.71. The highest BCUT2D eigenvalue weighted by Crippen LogP contribution is 2.58. The molecule has 0 aliphatic heterocycles. The van der Waals surface area contributed by atoms with Gasteiger partial charge in [-0.1, -0.05) is 18.6 Å². The van der Waals surface area contributed by atoms with Crippen molar-refractivity contribution in [2.24, 2.45) is 23.7 Å². The molecule has 0 spiro atoms. The summed E-state index contributed by atoms with van der Waals surface area (Å²) < 4.78 is 0. The number of rotatable bonds is 3. The fourth-order valence-corrected chi connectivity index (χ4v) is 5.25. The third-order valence-electron chi connectivity index (χ3n) is 6.13. The molecule has 118 valence electrons. The number of aromatic hydroxyl groups is 1. The maximum absolute atomic E-state index is 12.1. The fraction of sp³-hybridized carbons (Fsp3) is 0.611. The second-order valence-corrected chi connectivity index (χ2v) is 7.25. The first kappa shape index (κ1) is 13.9. The van der Waals surface area contributed by atoms with Crippen LogP contribution in [0, 0.1) is 23.7 Å². The molecule has 5 atom stereocenters. The lowest BCUT2D eigenvalue weighted by atomic mass is 9.79. The molecule has 3 aliphatic carbocycles. The van der Waals surface area contributed by atoms with Crippen LogP contribution in [-0.4, -0.2) is 17.2 Å². The number of hydrogen-bond donors (Lipinski definition) is 3. The van der Waals surface area contributed by atoms with Gasteiger partial charge in [-0.3, -0.25) is 0 Å². The first-order valence-electron chi connectivity index (χ1n) is 8.53. The van der Waals surface area contributed by atoms with E-state index in [1.165, 1.54) is 32.1 Å². The van der Waals surface area contributed by atoms with Crippen LogP contribution in [0.25, 0.3) is 0 Å². The largest absolute Gasteiger partial charge is 0.508 e. The second kappa shape index (κ2) is 5.49. The topological polar surface area (TPSA) is 61.4 Å². The molecule has 0 radical (unpaired) electrons. The van der Waals surface area contributed by atoms with E-state index in [0.29, 0.717) is 12.6 Å². The maximum Gasteiger partial charge on any atom is 0.315 e. The predicted octanol–water partition coefficient (Wildman–Crippen LogP) is 3.02. The molecule has 3 aliphatic rings. The first-order chi connectivity index (χ1) is 10.7. The van der Waals surface area contributed by atoms with E-state index in [4.69, 9.17) is 0 Å². The van der Waals surface area contributed by atoms with Crippen LogP contribution in [0.2, 0.25) is 0 Å². The molecule has 5 unspecified atom stereocenters. The van der Waals surface area contributed by atoms with Crippen LogP contribution in [0.3, 0.4) is 0 Å². The van der Waals surface area contributed by atoms with Gasteiger partial charge in [0.05, 0.1) is 0 Å². The van der Waals surface area contributed by atoms with Crippen molar-refractivity contribution in [2.75, 3.05) is 0 Å². The number of carbonyl (C=O) groups excluding carboxylic acids is 1. The van der Waals surface area contributed by atoms with Crippen molar-refractivity contribution in [2.45, 2.75) is 44.7 Å². The quantitative estimate of drug-likeness (QED) is 0.803. The van der Waals surface area contributed by atoms with Gasteiger partial charge in [-0.2, -0.15) is 0 Å². The van der Waals surface area contributed by atoms with Crippen molar-refractivity contribution in [1.82, 2.24) is 10.6 Å². The highest BCUT2D eigenvalue weighted by Gasteiger charge is 2.53. The summed E-state index contributed by atoms with van der Waals surface area (Å²) in [5.74, 6) is 3.67. The van der Waals surface area contributed by atoms with E-state index >= 15 is 0 Å². The number of amides is 2. The van der Waals surface area contributed by atoms with E-state index in [9.17, 15) is 9.90 Å². The molecular formula is C18H24N2O2. The molecule has 1 aromatic rings. The van der Waals surface area contributed by atoms with Crippen LogP contribution in [0.5, 0.6) is 5.75 Å².